The van der Waals surface area contributed by atoms with Crippen molar-refractivity contribution in [2.75, 3.05) is 6.61 Å². The lowest BCUT2D eigenvalue weighted by molar-refractivity contribution is 0.235. The number of hydrogen-bond donors (Lipinski definition) is 1. The van der Waals surface area contributed by atoms with Crippen LogP contribution in [0.3, 0.4) is 0 Å². The molecule has 4 heteroatoms. The summed E-state index contributed by atoms with van der Waals surface area (Å²) in [4.78, 5) is 3.09. The first-order valence-electron chi connectivity index (χ1n) is 3.60. The molecule has 1 fully saturated rings. The molecule has 11 heavy (non-hydrogen) atoms. The molecule has 0 bridgehead atoms. The van der Waals surface area contributed by atoms with Gasteiger partial charge in [-0.25, -0.2) is 0 Å². The molecule has 0 aromatic rings. The zero-order valence-electron chi connectivity index (χ0n) is 5.93. The number of nitrogens with zero attached hydrogens (tertiary/aromatic N) is 1. The summed E-state index contributed by atoms with van der Waals surface area (Å²) in [6.45, 7) is 0.246. The van der Waals surface area contributed by atoms with Crippen molar-refractivity contribution in [2.45, 2.75) is 11.8 Å². The Morgan fingerprint density at radius 1 is 1.73 bits per heavy atom. The van der Waals surface area contributed by atoms with Crippen LogP contribution in [0, 0.1) is 5.92 Å². The van der Waals surface area contributed by atoms with E-state index in [9.17, 15) is 0 Å². The third-order valence-corrected chi connectivity index (χ3v) is 3.70. The lowest BCUT2D eigenvalue weighted by Crippen LogP contribution is -2.53. The van der Waals surface area contributed by atoms with E-state index in [1.165, 1.54) is 0 Å². The normalized spacial score (nSPS) is 33.9. The molecule has 1 unspecified atom stereocenters. The Hall–Kier alpha value is -0.0600. The predicted octanol–water partition coefficient (Wildman–Crippen LogP) is 1.17. The maximum absolute atomic E-state index is 8.73. The van der Waals surface area contributed by atoms with Crippen LogP contribution in [-0.4, -0.2) is 27.0 Å². The lowest BCUT2D eigenvalue weighted by atomic mass is 9.97. The predicted molar refractivity (Wildman–Crippen MR) is 50.1 cm³/mol. The maximum Gasteiger partial charge on any atom is 0.0931 e. The highest BCUT2D eigenvalue weighted by molar-refractivity contribution is 8.03. The molecule has 0 aromatic carbocycles. The molecule has 2 rings (SSSR count). The van der Waals surface area contributed by atoms with Gasteiger partial charge in [0.25, 0.3) is 0 Å². The first-order valence-corrected chi connectivity index (χ1v) is 4.95. The molecule has 1 saturated heterocycles. The fourth-order valence-corrected chi connectivity index (χ4v) is 3.16. The summed E-state index contributed by atoms with van der Waals surface area (Å²) in [6, 6.07) is 0. The van der Waals surface area contributed by atoms with Crippen molar-refractivity contribution in [2.24, 2.45) is 5.92 Å². The van der Waals surface area contributed by atoms with Gasteiger partial charge in [0.2, 0.25) is 0 Å². The summed E-state index contributed by atoms with van der Waals surface area (Å²) in [5, 5.41) is 11.3. The van der Waals surface area contributed by atoms with Crippen LogP contribution in [0.25, 0.3) is 0 Å². The third-order valence-electron chi connectivity index (χ3n) is 2.07. The second kappa shape index (κ2) is 2.77. The van der Waals surface area contributed by atoms with Crippen LogP contribution >= 0.6 is 24.0 Å². The van der Waals surface area contributed by atoms with E-state index < -0.39 is 0 Å². The van der Waals surface area contributed by atoms with Crippen LogP contribution in [0.5, 0.6) is 0 Å². The lowest BCUT2D eigenvalue weighted by Gasteiger charge is -2.43. The largest absolute Gasteiger partial charge is 0.396 e. The Kier molecular flexibility index (Phi) is 1.91. The molecule has 0 saturated carbocycles. The molecule has 2 atom stereocenters. The Morgan fingerprint density at radius 2 is 2.55 bits per heavy atom. The molecule has 0 amide bonds. The number of fused-ring (bicyclic) bond motifs is 1. The summed E-state index contributed by atoms with van der Waals surface area (Å²) < 4.78 is 0. The van der Waals surface area contributed by atoms with E-state index in [0.717, 1.165) is 11.4 Å². The van der Waals surface area contributed by atoms with Crippen molar-refractivity contribution < 1.29 is 5.11 Å². The first kappa shape index (κ1) is 7.58. The molecular formula is C7H9NOS2. The van der Waals surface area contributed by atoms with E-state index in [0.29, 0.717) is 11.3 Å². The number of thiocarbonyl (C=S) groups is 1. The zero-order chi connectivity index (χ0) is 7.84. The van der Waals surface area contributed by atoms with E-state index in [1.807, 2.05) is 6.20 Å². The van der Waals surface area contributed by atoms with Gasteiger partial charge in [-0.2, -0.15) is 0 Å². The highest BCUT2D eigenvalue weighted by atomic mass is 32.2. The second-order valence-corrected chi connectivity index (χ2v) is 4.12. The summed E-state index contributed by atoms with van der Waals surface area (Å²) in [7, 11) is 0. The molecule has 60 valence electrons. The van der Waals surface area contributed by atoms with Crippen LogP contribution in [0.4, 0.5) is 0 Å². The van der Waals surface area contributed by atoms with E-state index >= 15 is 0 Å². The van der Waals surface area contributed by atoms with Gasteiger partial charge in [0.1, 0.15) is 0 Å². The van der Waals surface area contributed by atoms with E-state index in [4.69, 9.17) is 17.3 Å². The third kappa shape index (κ3) is 1.01. The van der Waals surface area contributed by atoms with Crippen molar-refractivity contribution in [3.8, 4) is 0 Å². The van der Waals surface area contributed by atoms with Gasteiger partial charge in [0.15, 0.2) is 0 Å². The minimum atomic E-state index is 0.246. The highest BCUT2D eigenvalue weighted by Gasteiger charge is 2.44. The van der Waals surface area contributed by atoms with Crippen LogP contribution < -0.4 is 0 Å². The van der Waals surface area contributed by atoms with Crippen LogP contribution in [-0.2, 0) is 0 Å². The second-order valence-electron chi connectivity index (χ2n) is 2.68. The zero-order valence-corrected chi connectivity index (χ0v) is 7.57. The van der Waals surface area contributed by atoms with Crippen LogP contribution in [0.2, 0.25) is 0 Å². The van der Waals surface area contributed by atoms with Gasteiger partial charge in [-0.15, -0.1) is 11.8 Å². The Morgan fingerprint density at radius 3 is 3.27 bits per heavy atom. The van der Waals surface area contributed by atoms with Crippen molar-refractivity contribution in [1.29, 1.82) is 0 Å². The fraction of sp³-hybridized carbons (Fsp3) is 0.571. The van der Waals surface area contributed by atoms with E-state index in [1.54, 1.807) is 11.8 Å². The average Bonchev–Trinajstić information content (AvgIpc) is 2.44. The number of rotatable bonds is 2. The van der Waals surface area contributed by atoms with Crippen molar-refractivity contribution in [1.82, 2.24) is 4.90 Å². The molecule has 0 aliphatic carbocycles. The van der Waals surface area contributed by atoms with Crippen molar-refractivity contribution in [3.63, 3.8) is 0 Å². The molecule has 2 heterocycles. The molecule has 2 aliphatic rings. The van der Waals surface area contributed by atoms with Crippen LogP contribution in [0.15, 0.2) is 11.6 Å². The van der Waals surface area contributed by atoms with E-state index in [2.05, 4.69) is 10.3 Å². The summed E-state index contributed by atoms with van der Waals surface area (Å²) in [5.74, 6) is 0.426. The maximum atomic E-state index is 8.73. The number of aliphatic hydroxyl groups is 1. The van der Waals surface area contributed by atoms with Crippen molar-refractivity contribution in [3.05, 3.63) is 11.6 Å². The Balaban J connectivity index is 2.01. The topological polar surface area (TPSA) is 23.5 Å². The Labute approximate surface area is 75.3 Å². The summed E-state index contributed by atoms with van der Waals surface area (Å²) in [6.07, 6.45) is 2.83. The highest BCUT2D eigenvalue weighted by Crippen LogP contribution is 2.42. The van der Waals surface area contributed by atoms with Crippen molar-refractivity contribution >= 4 is 29.0 Å². The van der Waals surface area contributed by atoms with Gasteiger partial charge in [-0.05, 0) is 11.8 Å². The molecule has 0 aromatic heterocycles. The Bertz CT molecular complexity index is 216. The first-order chi connectivity index (χ1) is 5.34. The molecule has 0 radical (unpaired) electrons. The monoisotopic (exact) mass is 187 g/mol. The molecule has 0 spiro atoms. The summed E-state index contributed by atoms with van der Waals surface area (Å²) in [5.41, 5.74) is 0. The van der Waals surface area contributed by atoms with Gasteiger partial charge in [-0.3, -0.25) is 0 Å². The minimum Gasteiger partial charge on any atom is -0.396 e. The standard InChI is InChI=1S/C7H9NOS2/c9-3-1-5-6(10)8-2-4-11-7(5)8/h2,4-5,7,9H,1,3H2/t5?,7-/m0/s1. The van der Waals surface area contributed by atoms with E-state index in [-0.39, 0.29) is 6.61 Å². The van der Waals surface area contributed by atoms with Gasteiger partial charge in [-0.1, -0.05) is 12.2 Å². The molecular weight excluding hydrogens is 178 g/mol. The average molecular weight is 187 g/mol. The molecule has 2 nitrogen and oxygen atoms in total. The molecule has 2 aliphatic heterocycles. The molecule has 1 N–H and O–H groups in total. The fourth-order valence-electron chi connectivity index (χ4n) is 1.46. The number of thioether (sulfide) groups is 1. The number of aliphatic hydroxyl groups excluding tert-OH is 1. The van der Waals surface area contributed by atoms with Gasteiger partial charge in [0, 0.05) is 18.7 Å². The van der Waals surface area contributed by atoms with Gasteiger partial charge in [0.05, 0.1) is 10.4 Å². The van der Waals surface area contributed by atoms with Gasteiger partial charge >= 0.3 is 0 Å². The SMILES string of the molecule is OCCC1C(=S)N2C=CS[C@@H]12. The quantitative estimate of drug-likeness (QED) is 0.656. The van der Waals surface area contributed by atoms with Gasteiger partial charge < -0.3 is 10.0 Å². The summed E-state index contributed by atoms with van der Waals surface area (Å²) >= 11 is 6.95. The smallest absolute Gasteiger partial charge is 0.0931 e. The minimum absolute atomic E-state index is 0.246. The number of hydrogen-bond acceptors (Lipinski definition) is 3. The van der Waals surface area contributed by atoms with Crippen LogP contribution in [0.1, 0.15) is 6.42 Å².